The van der Waals surface area contributed by atoms with Gasteiger partial charge in [-0.1, -0.05) is 6.92 Å². The Morgan fingerprint density at radius 1 is 1.50 bits per heavy atom. The number of rotatable bonds is 4. The van der Waals surface area contributed by atoms with E-state index in [1.807, 2.05) is 0 Å². The fourth-order valence-corrected chi connectivity index (χ4v) is 4.78. The molecule has 1 N–H and O–H groups in total. The van der Waals surface area contributed by atoms with Crippen LogP contribution in [0.1, 0.15) is 13.8 Å². The molecule has 0 bridgehead atoms. The van der Waals surface area contributed by atoms with Crippen LogP contribution in [0.4, 0.5) is 4.79 Å². The van der Waals surface area contributed by atoms with Crippen molar-refractivity contribution in [1.29, 1.82) is 0 Å². The summed E-state index contributed by atoms with van der Waals surface area (Å²) in [5.74, 6) is -0.184. The smallest absolute Gasteiger partial charge is 0.326 e. The molecule has 0 aliphatic carbocycles. The van der Waals surface area contributed by atoms with Gasteiger partial charge in [0.1, 0.15) is 11.4 Å². The van der Waals surface area contributed by atoms with Crippen LogP contribution in [0.15, 0.2) is 0 Å². The number of urea groups is 1. The minimum Gasteiger partial charge on any atom is -0.480 e. The molecular weight excluding hydrogens is 304 g/mol. The molecule has 20 heavy (non-hydrogen) atoms. The summed E-state index contributed by atoms with van der Waals surface area (Å²) in [4.78, 5) is 25.6. The molecular formula is C11H20N2O5S2. The number of aliphatic carboxylic acids is 1. The number of carbonyl (C=O) groups is 2. The number of hydrogen-bond acceptors (Lipinski definition) is 5. The van der Waals surface area contributed by atoms with Crippen molar-refractivity contribution >= 4 is 33.6 Å². The molecule has 0 saturated carbocycles. The molecule has 1 fully saturated rings. The first kappa shape index (κ1) is 17.1. The van der Waals surface area contributed by atoms with Crippen LogP contribution in [-0.2, 0) is 14.6 Å². The Morgan fingerprint density at radius 2 is 2.10 bits per heavy atom. The van der Waals surface area contributed by atoms with E-state index >= 15 is 0 Å². The summed E-state index contributed by atoms with van der Waals surface area (Å²) < 4.78 is 24.1. The van der Waals surface area contributed by atoms with Gasteiger partial charge in [0.15, 0.2) is 9.84 Å². The minimum atomic E-state index is -3.38. The lowest BCUT2D eigenvalue weighted by Gasteiger charge is -2.37. The van der Waals surface area contributed by atoms with Crippen molar-refractivity contribution in [2.24, 2.45) is 0 Å². The molecule has 1 aliphatic rings. The molecule has 9 heteroatoms. The number of carboxylic acid groups (broad SMARTS) is 1. The number of likely N-dealkylation sites (N-methyl/N-ethyl adjacent to an activating group) is 1. The summed E-state index contributed by atoms with van der Waals surface area (Å²) in [5, 5.41) is 8.06. The molecule has 0 aromatic heterocycles. The summed E-state index contributed by atoms with van der Waals surface area (Å²) in [6.07, 6.45) is 0. The van der Waals surface area contributed by atoms with E-state index in [2.05, 4.69) is 0 Å². The Morgan fingerprint density at radius 3 is 2.60 bits per heavy atom. The number of carboxylic acids is 1. The zero-order valence-electron chi connectivity index (χ0n) is 11.8. The number of carbonyl (C=O) groups excluding carboxylic acids is 1. The largest absolute Gasteiger partial charge is 0.480 e. The van der Waals surface area contributed by atoms with Crippen molar-refractivity contribution in [2.75, 3.05) is 30.9 Å². The lowest BCUT2D eigenvalue weighted by molar-refractivity contribution is -0.141. The number of amides is 2. The van der Waals surface area contributed by atoms with E-state index in [0.717, 1.165) is 4.90 Å². The van der Waals surface area contributed by atoms with Crippen molar-refractivity contribution in [3.63, 3.8) is 0 Å². The molecule has 0 aromatic rings. The zero-order valence-corrected chi connectivity index (χ0v) is 13.4. The Kier molecular flexibility index (Phi) is 5.69. The quantitative estimate of drug-likeness (QED) is 0.800. The molecule has 2 amide bonds. The van der Waals surface area contributed by atoms with Crippen LogP contribution < -0.4 is 0 Å². The van der Waals surface area contributed by atoms with E-state index in [1.54, 1.807) is 6.92 Å². The van der Waals surface area contributed by atoms with Crippen LogP contribution in [0, 0.1) is 0 Å². The summed E-state index contributed by atoms with van der Waals surface area (Å²) in [5.41, 5.74) is 0. The average Bonchev–Trinajstić information content (AvgIpc) is 2.44. The van der Waals surface area contributed by atoms with Crippen molar-refractivity contribution in [3.05, 3.63) is 0 Å². The van der Waals surface area contributed by atoms with Crippen LogP contribution in [0.25, 0.3) is 0 Å². The SMILES string of the molecule is CCS(=O)(=O)C1CSCCN1C(=O)N(C)C(C)C(=O)O. The van der Waals surface area contributed by atoms with E-state index in [-0.39, 0.29) is 5.75 Å². The summed E-state index contributed by atoms with van der Waals surface area (Å²) in [6.45, 7) is 3.24. The lowest BCUT2D eigenvalue weighted by Crippen LogP contribution is -2.56. The second kappa shape index (κ2) is 6.66. The summed E-state index contributed by atoms with van der Waals surface area (Å²) in [6, 6.07) is -1.55. The third-order valence-corrected chi connectivity index (χ3v) is 6.68. The maximum atomic E-state index is 12.3. The van der Waals surface area contributed by atoms with Crippen LogP contribution in [0.2, 0.25) is 0 Å². The van der Waals surface area contributed by atoms with Gasteiger partial charge in [0.25, 0.3) is 0 Å². The molecule has 2 unspecified atom stereocenters. The Hall–Kier alpha value is -0.960. The fourth-order valence-electron chi connectivity index (χ4n) is 1.82. The average molecular weight is 324 g/mol. The predicted octanol–water partition coefficient (Wildman–Crippen LogP) is 0.321. The van der Waals surface area contributed by atoms with Crippen LogP contribution in [0.3, 0.4) is 0 Å². The van der Waals surface area contributed by atoms with E-state index in [4.69, 9.17) is 5.11 Å². The predicted molar refractivity (Wildman–Crippen MR) is 77.5 cm³/mol. The van der Waals surface area contributed by atoms with Crippen molar-refractivity contribution in [3.8, 4) is 0 Å². The maximum absolute atomic E-state index is 12.3. The monoisotopic (exact) mass is 324 g/mol. The van der Waals surface area contributed by atoms with Gasteiger partial charge in [0.05, 0.1) is 0 Å². The normalized spacial score (nSPS) is 21.4. The highest BCUT2D eigenvalue weighted by atomic mass is 32.2. The van der Waals surface area contributed by atoms with Gasteiger partial charge in [-0.3, -0.25) is 0 Å². The second-order valence-electron chi connectivity index (χ2n) is 4.58. The van der Waals surface area contributed by atoms with Crippen LogP contribution >= 0.6 is 11.8 Å². The fraction of sp³-hybridized carbons (Fsp3) is 0.818. The lowest BCUT2D eigenvalue weighted by atomic mass is 10.3. The van der Waals surface area contributed by atoms with Gasteiger partial charge < -0.3 is 14.9 Å². The second-order valence-corrected chi connectivity index (χ2v) is 8.18. The number of hydrogen-bond donors (Lipinski definition) is 1. The van der Waals surface area contributed by atoms with Gasteiger partial charge in [0, 0.05) is 30.9 Å². The van der Waals surface area contributed by atoms with Gasteiger partial charge >= 0.3 is 12.0 Å². The molecule has 1 heterocycles. The molecule has 0 aromatic carbocycles. The highest BCUT2D eigenvalue weighted by Gasteiger charge is 2.38. The van der Waals surface area contributed by atoms with Crippen molar-refractivity contribution in [2.45, 2.75) is 25.3 Å². The van der Waals surface area contributed by atoms with E-state index in [0.29, 0.717) is 18.1 Å². The van der Waals surface area contributed by atoms with Crippen molar-refractivity contribution in [1.82, 2.24) is 9.80 Å². The Balaban J connectivity index is 2.96. The maximum Gasteiger partial charge on any atom is 0.326 e. The first-order valence-electron chi connectivity index (χ1n) is 6.28. The van der Waals surface area contributed by atoms with E-state index in [1.165, 1.54) is 30.6 Å². The Bertz CT molecular complexity index is 479. The molecule has 1 aliphatic heterocycles. The molecule has 7 nitrogen and oxygen atoms in total. The number of thioether (sulfide) groups is 1. The topological polar surface area (TPSA) is 95.0 Å². The van der Waals surface area contributed by atoms with E-state index in [9.17, 15) is 18.0 Å². The van der Waals surface area contributed by atoms with Gasteiger partial charge in [-0.05, 0) is 6.92 Å². The van der Waals surface area contributed by atoms with Gasteiger partial charge in [-0.15, -0.1) is 0 Å². The Labute approximate surface area is 123 Å². The third-order valence-electron chi connectivity index (χ3n) is 3.39. The van der Waals surface area contributed by atoms with Crippen molar-refractivity contribution < 1.29 is 23.1 Å². The first-order valence-corrected chi connectivity index (χ1v) is 9.15. The molecule has 1 rings (SSSR count). The standard InChI is InChI=1S/C11H20N2O5S2/c1-4-20(17,18)9-7-19-6-5-13(9)11(16)12(3)8(2)10(14)15/h8-9H,4-7H2,1-3H3,(H,14,15). The van der Waals surface area contributed by atoms with Gasteiger partial charge in [0.2, 0.25) is 0 Å². The van der Waals surface area contributed by atoms with Gasteiger partial charge in [-0.25, -0.2) is 18.0 Å². The first-order chi connectivity index (χ1) is 9.22. The van der Waals surface area contributed by atoms with Crippen LogP contribution in [-0.4, -0.2) is 77.6 Å². The molecule has 0 radical (unpaired) electrons. The summed E-state index contributed by atoms with van der Waals surface area (Å²) in [7, 11) is -2.01. The van der Waals surface area contributed by atoms with Crippen LogP contribution in [0.5, 0.6) is 0 Å². The highest BCUT2D eigenvalue weighted by molar-refractivity contribution is 8.01. The zero-order chi connectivity index (χ0) is 15.5. The summed E-state index contributed by atoms with van der Waals surface area (Å²) >= 11 is 1.48. The van der Waals surface area contributed by atoms with E-state index < -0.39 is 33.3 Å². The van der Waals surface area contributed by atoms with Gasteiger partial charge in [-0.2, -0.15) is 11.8 Å². The third kappa shape index (κ3) is 3.57. The molecule has 1 saturated heterocycles. The highest BCUT2D eigenvalue weighted by Crippen LogP contribution is 2.23. The minimum absolute atomic E-state index is 0.0415. The number of sulfone groups is 1. The molecule has 0 spiro atoms. The molecule has 2 atom stereocenters. The molecule has 116 valence electrons. The number of nitrogens with zero attached hydrogens (tertiary/aromatic N) is 2.